The largest absolute Gasteiger partial charge is 0.411 e. The van der Waals surface area contributed by atoms with Gasteiger partial charge in [-0.2, -0.15) is 0 Å². The number of ketones is 1. The van der Waals surface area contributed by atoms with Gasteiger partial charge in [0.15, 0.2) is 5.78 Å². The molecule has 88 valence electrons. The summed E-state index contributed by atoms with van der Waals surface area (Å²) in [5, 5.41) is 11.2. The number of rotatable bonds is 8. The standard InChI is InChI=1S/C12H23NO2/c1-4-6-7-8-9-12(3,5-2)11(14)10-13-15/h10,15H,4-9H2,1-3H3. The second-order valence-electron chi connectivity index (χ2n) is 4.33. The van der Waals surface area contributed by atoms with Crippen molar-refractivity contribution in [3.05, 3.63) is 0 Å². The van der Waals surface area contributed by atoms with Gasteiger partial charge in [0.25, 0.3) is 0 Å². The van der Waals surface area contributed by atoms with Gasteiger partial charge in [-0.15, -0.1) is 0 Å². The summed E-state index contributed by atoms with van der Waals surface area (Å²) in [5.74, 6) is -0.0657. The molecule has 0 saturated heterocycles. The highest BCUT2D eigenvalue weighted by molar-refractivity contribution is 6.29. The molecule has 0 aromatic heterocycles. The van der Waals surface area contributed by atoms with Crippen LogP contribution in [0.3, 0.4) is 0 Å². The first-order chi connectivity index (χ1) is 7.10. The molecule has 0 heterocycles. The molecule has 1 unspecified atom stereocenters. The Kier molecular flexibility index (Phi) is 7.01. The Morgan fingerprint density at radius 3 is 2.47 bits per heavy atom. The molecule has 0 amide bonds. The van der Waals surface area contributed by atoms with Crippen LogP contribution < -0.4 is 0 Å². The lowest BCUT2D eigenvalue weighted by Gasteiger charge is -2.24. The van der Waals surface area contributed by atoms with Crippen molar-refractivity contribution >= 4 is 12.0 Å². The van der Waals surface area contributed by atoms with Crippen molar-refractivity contribution in [3.8, 4) is 0 Å². The Morgan fingerprint density at radius 2 is 2.00 bits per heavy atom. The molecule has 3 nitrogen and oxygen atoms in total. The van der Waals surface area contributed by atoms with Crippen LogP contribution in [-0.4, -0.2) is 17.2 Å². The molecule has 0 aliphatic rings. The van der Waals surface area contributed by atoms with Crippen molar-refractivity contribution in [2.75, 3.05) is 0 Å². The molecular weight excluding hydrogens is 190 g/mol. The van der Waals surface area contributed by atoms with Crippen LogP contribution in [0.5, 0.6) is 0 Å². The molecular formula is C12H23NO2. The summed E-state index contributed by atoms with van der Waals surface area (Å²) in [5.41, 5.74) is -0.347. The normalized spacial score (nSPS) is 15.4. The molecule has 0 spiro atoms. The molecule has 0 rings (SSSR count). The molecule has 0 aliphatic carbocycles. The van der Waals surface area contributed by atoms with E-state index in [1.165, 1.54) is 19.3 Å². The van der Waals surface area contributed by atoms with Crippen LogP contribution in [-0.2, 0) is 4.79 Å². The molecule has 0 aromatic rings. The highest BCUT2D eigenvalue weighted by atomic mass is 16.4. The van der Waals surface area contributed by atoms with Crippen molar-refractivity contribution in [1.82, 2.24) is 0 Å². The number of oxime groups is 1. The van der Waals surface area contributed by atoms with Crippen LogP contribution in [0, 0.1) is 5.41 Å². The van der Waals surface area contributed by atoms with E-state index in [1.807, 2.05) is 13.8 Å². The van der Waals surface area contributed by atoms with E-state index in [2.05, 4.69) is 12.1 Å². The van der Waals surface area contributed by atoms with Gasteiger partial charge >= 0.3 is 0 Å². The highest BCUT2D eigenvalue weighted by Crippen LogP contribution is 2.29. The third-order valence-electron chi connectivity index (χ3n) is 3.13. The lowest BCUT2D eigenvalue weighted by molar-refractivity contribution is -0.121. The number of hydrogen-bond acceptors (Lipinski definition) is 3. The second kappa shape index (κ2) is 7.43. The zero-order valence-electron chi connectivity index (χ0n) is 10.1. The van der Waals surface area contributed by atoms with Gasteiger partial charge in [0.05, 0.1) is 0 Å². The molecule has 0 bridgehead atoms. The third kappa shape index (κ3) is 4.96. The number of Topliss-reactive ketones (excluding diaryl/α,β-unsaturated/α-hetero) is 1. The van der Waals surface area contributed by atoms with Gasteiger partial charge in [-0.05, 0) is 12.8 Å². The zero-order chi connectivity index (χ0) is 11.7. The minimum Gasteiger partial charge on any atom is -0.411 e. The minimum absolute atomic E-state index is 0.0657. The van der Waals surface area contributed by atoms with Crippen molar-refractivity contribution < 1.29 is 10.0 Å². The monoisotopic (exact) mass is 213 g/mol. The maximum atomic E-state index is 11.7. The molecule has 1 atom stereocenters. The summed E-state index contributed by atoms with van der Waals surface area (Å²) in [6, 6.07) is 0. The minimum atomic E-state index is -0.347. The quantitative estimate of drug-likeness (QED) is 0.291. The summed E-state index contributed by atoms with van der Waals surface area (Å²) >= 11 is 0. The van der Waals surface area contributed by atoms with E-state index in [0.717, 1.165) is 25.5 Å². The van der Waals surface area contributed by atoms with Crippen molar-refractivity contribution in [2.45, 2.75) is 59.3 Å². The topological polar surface area (TPSA) is 49.7 Å². The molecule has 0 saturated carbocycles. The predicted octanol–water partition coefficient (Wildman–Crippen LogP) is 3.40. The van der Waals surface area contributed by atoms with Crippen LogP contribution in [0.1, 0.15) is 59.3 Å². The van der Waals surface area contributed by atoms with Crippen LogP contribution in [0.15, 0.2) is 5.16 Å². The summed E-state index contributed by atoms with van der Waals surface area (Å²) in [7, 11) is 0. The first-order valence-corrected chi connectivity index (χ1v) is 5.82. The summed E-state index contributed by atoms with van der Waals surface area (Å²) in [6.45, 7) is 6.12. The van der Waals surface area contributed by atoms with E-state index in [1.54, 1.807) is 0 Å². The van der Waals surface area contributed by atoms with Gasteiger partial charge in [0.1, 0.15) is 6.21 Å². The van der Waals surface area contributed by atoms with E-state index >= 15 is 0 Å². The first kappa shape index (κ1) is 14.1. The molecule has 3 heteroatoms. The lowest BCUT2D eigenvalue weighted by Crippen LogP contribution is -2.28. The Bertz CT molecular complexity index is 214. The maximum Gasteiger partial charge on any atom is 0.183 e. The lowest BCUT2D eigenvalue weighted by atomic mass is 9.78. The smallest absolute Gasteiger partial charge is 0.183 e. The molecule has 0 fully saturated rings. The molecule has 0 aromatic carbocycles. The summed E-state index contributed by atoms with van der Waals surface area (Å²) in [4.78, 5) is 11.7. The number of carbonyl (C=O) groups is 1. The molecule has 0 aliphatic heterocycles. The Hall–Kier alpha value is -0.860. The van der Waals surface area contributed by atoms with E-state index in [0.29, 0.717) is 0 Å². The van der Waals surface area contributed by atoms with Crippen LogP contribution >= 0.6 is 0 Å². The van der Waals surface area contributed by atoms with Gasteiger partial charge in [-0.25, -0.2) is 0 Å². The fraction of sp³-hybridized carbons (Fsp3) is 0.833. The maximum absolute atomic E-state index is 11.7. The van der Waals surface area contributed by atoms with Crippen LogP contribution in [0.4, 0.5) is 0 Å². The Labute approximate surface area is 92.6 Å². The van der Waals surface area contributed by atoms with E-state index < -0.39 is 0 Å². The fourth-order valence-electron chi connectivity index (χ4n) is 1.62. The third-order valence-corrected chi connectivity index (χ3v) is 3.13. The van der Waals surface area contributed by atoms with Crippen LogP contribution in [0.25, 0.3) is 0 Å². The van der Waals surface area contributed by atoms with Gasteiger partial charge in [0.2, 0.25) is 0 Å². The van der Waals surface area contributed by atoms with Crippen molar-refractivity contribution in [3.63, 3.8) is 0 Å². The molecule has 1 N–H and O–H groups in total. The van der Waals surface area contributed by atoms with Gasteiger partial charge in [0, 0.05) is 5.41 Å². The second-order valence-corrected chi connectivity index (χ2v) is 4.33. The zero-order valence-corrected chi connectivity index (χ0v) is 10.1. The summed E-state index contributed by atoms with van der Waals surface area (Å²) in [6.07, 6.45) is 7.39. The average Bonchev–Trinajstić information content (AvgIpc) is 2.24. The molecule has 0 radical (unpaired) electrons. The van der Waals surface area contributed by atoms with E-state index in [9.17, 15) is 4.79 Å². The predicted molar refractivity (Wildman–Crippen MR) is 62.4 cm³/mol. The summed E-state index contributed by atoms with van der Waals surface area (Å²) < 4.78 is 0. The Morgan fingerprint density at radius 1 is 1.33 bits per heavy atom. The van der Waals surface area contributed by atoms with Crippen LogP contribution in [0.2, 0.25) is 0 Å². The number of unbranched alkanes of at least 4 members (excludes halogenated alkanes) is 3. The number of nitrogens with zero attached hydrogens (tertiary/aromatic N) is 1. The average molecular weight is 213 g/mol. The van der Waals surface area contributed by atoms with Gasteiger partial charge in [-0.1, -0.05) is 51.6 Å². The highest BCUT2D eigenvalue weighted by Gasteiger charge is 2.29. The fourth-order valence-corrected chi connectivity index (χ4v) is 1.62. The number of hydrogen-bond donors (Lipinski definition) is 1. The SMILES string of the molecule is CCCCCCC(C)(CC)C(=O)C=NO. The van der Waals surface area contributed by atoms with Gasteiger partial charge in [-0.3, -0.25) is 4.79 Å². The molecule has 15 heavy (non-hydrogen) atoms. The number of carbonyl (C=O) groups excluding carboxylic acids is 1. The van der Waals surface area contributed by atoms with Crippen molar-refractivity contribution in [2.24, 2.45) is 10.6 Å². The Balaban J connectivity index is 4.12. The van der Waals surface area contributed by atoms with E-state index in [-0.39, 0.29) is 11.2 Å². The first-order valence-electron chi connectivity index (χ1n) is 5.82. The van der Waals surface area contributed by atoms with Gasteiger partial charge < -0.3 is 5.21 Å². The van der Waals surface area contributed by atoms with E-state index in [4.69, 9.17) is 5.21 Å². The van der Waals surface area contributed by atoms with Crippen molar-refractivity contribution in [1.29, 1.82) is 0 Å².